The predicted octanol–water partition coefficient (Wildman–Crippen LogP) is 2.65. The van der Waals surface area contributed by atoms with E-state index in [-0.39, 0.29) is 0 Å². The van der Waals surface area contributed by atoms with E-state index in [1.165, 1.54) is 11.1 Å². The van der Waals surface area contributed by atoms with Gasteiger partial charge in [0.05, 0.1) is 12.0 Å². The highest BCUT2D eigenvalue weighted by Crippen LogP contribution is 2.20. The monoisotopic (exact) mass is 282 g/mol. The number of nitrogens with two attached hydrogens (primary N) is 1. The maximum absolute atomic E-state index is 5.69. The number of aromatic nitrogens is 3. The quantitative estimate of drug-likeness (QED) is 0.798. The van der Waals surface area contributed by atoms with Gasteiger partial charge in [-0.25, -0.2) is 9.67 Å². The van der Waals surface area contributed by atoms with Crippen LogP contribution in [0.4, 0.5) is 0 Å². The summed E-state index contributed by atoms with van der Waals surface area (Å²) >= 11 is 0. The first kappa shape index (κ1) is 13.6. The number of furan rings is 1. The van der Waals surface area contributed by atoms with Gasteiger partial charge < -0.3 is 10.2 Å². The Labute approximate surface area is 123 Å². The van der Waals surface area contributed by atoms with Crippen molar-refractivity contribution in [2.75, 3.05) is 6.54 Å². The van der Waals surface area contributed by atoms with Crippen molar-refractivity contribution in [3.05, 3.63) is 53.5 Å². The zero-order chi connectivity index (χ0) is 14.8. The lowest BCUT2D eigenvalue weighted by Gasteiger charge is -2.07. The third-order valence-corrected chi connectivity index (χ3v) is 3.23. The molecule has 2 heterocycles. The van der Waals surface area contributed by atoms with E-state index in [9.17, 15) is 0 Å². The van der Waals surface area contributed by atoms with Crippen molar-refractivity contribution in [2.45, 2.75) is 20.3 Å². The average molecular weight is 282 g/mol. The summed E-state index contributed by atoms with van der Waals surface area (Å²) < 4.78 is 7.23. The van der Waals surface area contributed by atoms with Gasteiger partial charge in [-0.15, -0.1) is 5.10 Å². The van der Waals surface area contributed by atoms with Gasteiger partial charge in [0.15, 0.2) is 5.76 Å². The van der Waals surface area contributed by atoms with Crippen molar-refractivity contribution in [3.63, 3.8) is 0 Å². The van der Waals surface area contributed by atoms with Gasteiger partial charge in [0.1, 0.15) is 5.82 Å². The number of benzene rings is 1. The lowest BCUT2D eigenvalue weighted by Crippen LogP contribution is -2.10. The van der Waals surface area contributed by atoms with Crippen LogP contribution < -0.4 is 5.73 Å². The van der Waals surface area contributed by atoms with Crippen LogP contribution in [0.15, 0.2) is 41.0 Å². The number of rotatable bonds is 4. The molecule has 0 aliphatic heterocycles. The minimum Gasteiger partial charge on any atom is -0.461 e. The van der Waals surface area contributed by atoms with Gasteiger partial charge in [-0.2, -0.15) is 0 Å². The van der Waals surface area contributed by atoms with Crippen LogP contribution in [0.2, 0.25) is 0 Å². The van der Waals surface area contributed by atoms with Crippen LogP contribution in [0.1, 0.15) is 17.0 Å². The van der Waals surface area contributed by atoms with E-state index in [1.54, 1.807) is 6.26 Å². The molecule has 0 saturated carbocycles. The van der Waals surface area contributed by atoms with Crippen LogP contribution >= 0.6 is 0 Å². The molecule has 0 bridgehead atoms. The van der Waals surface area contributed by atoms with Gasteiger partial charge in [-0.05, 0) is 55.8 Å². The SMILES string of the molecule is Cc1cc(C)cc(-n2nc(-c3ccco3)nc2CCN)c1. The molecule has 0 spiro atoms. The van der Waals surface area contributed by atoms with E-state index in [2.05, 4.69) is 42.1 Å². The third-order valence-electron chi connectivity index (χ3n) is 3.23. The van der Waals surface area contributed by atoms with Crippen LogP contribution in [0.25, 0.3) is 17.3 Å². The van der Waals surface area contributed by atoms with Crippen LogP contribution in [-0.4, -0.2) is 21.3 Å². The van der Waals surface area contributed by atoms with Crippen molar-refractivity contribution in [2.24, 2.45) is 5.73 Å². The molecule has 2 N–H and O–H groups in total. The molecule has 3 rings (SSSR count). The Kier molecular flexibility index (Phi) is 3.58. The van der Waals surface area contributed by atoms with Crippen molar-refractivity contribution in [1.82, 2.24) is 14.8 Å². The second-order valence-electron chi connectivity index (χ2n) is 5.13. The zero-order valence-corrected chi connectivity index (χ0v) is 12.2. The van der Waals surface area contributed by atoms with E-state index >= 15 is 0 Å². The molecule has 0 aliphatic rings. The Morgan fingerprint density at radius 3 is 2.57 bits per heavy atom. The topological polar surface area (TPSA) is 69.9 Å². The molecule has 5 heteroatoms. The van der Waals surface area contributed by atoms with Gasteiger partial charge in [0, 0.05) is 6.42 Å². The molecular weight excluding hydrogens is 264 g/mol. The van der Waals surface area contributed by atoms with Crippen LogP contribution in [0, 0.1) is 13.8 Å². The number of hydrogen-bond donors (Lipinski definition) is 1. The summed E-state index contributed by atoms with van der Waals surface area (Å²) in [5.74, 6) is 2.09. The summed E-state index contributed by atoms with van der Waals surface area (Å²) in [6, 6.07) is 10.0. The normalized spacial score (nSPS) is 11.0. The Hall–Kier alpha value is -2.40. The smallest absolute Gasteiger partial charge is 0.217 e. The highest BCUT2D eigenvalue weighted by Gasteiger charge is 2.14. The van der Waals surface area contributed by atoms with Crippen LogP contribution in [0.5, 0.6) is 0 Å². The summed E-state index contributed by atoms with van der Waals surface area (Å²) in [4.78, 5) is 4.56. The minimum atomic E-state index is 0.529. The van der Waals surface area contributed by atoms with E-state index < -0.39 is 0 Å². The maximum atomic E-state index is 5.69. The lowest BCUT2D eigenvalue weighted by molar-refractivity contribution is 0.577. The summed E-state index contributed by atoms with van der Waals surface area (Å²) in [7, 11) is 0. The molecule has 0 unspecified atom stereocenters. The fourth-order valence-corrected chi connectivity index (χ4v) is 2.43. The number of aryl methyl sites for hydroxylation is 2. The van der Waals surface area contributed by atoms with E-state index in [0.717, 1.165) is 11.5 Å². The molecule has 0 aliphatic carbocycles. The first-order valence-corrected chi connectivity index (χ1v) is 6.96. The molecule has 0 amide bonds. The number of hydrogen-bond acceptors (Lipinski definition) is 4. The predicted molar refractivity (Wildman–Crippen MR) is 81.3 cm³/mol. The van der Waals surface area contributed by atoms with E-state index in [4.69, 9.17) is 10.2 Å². The third kappa shape index (κ3) is 2.73. The summed E-state index contributed by atoms with van der Waals surface area (Å²) in [5, 5.41) is 4.58. The summed E-state index contributed by atoms with van der Waals surface area (Å²) in [6.07, 6.45) is 2.29. The second kappa shape index (κ2) is 5.54. The molecule has 3 aromatic rings. The first-order valence-electron chi connectivity index (χ1n) is 6.96. The Morgan fingerprint density at radius 2 is 1.95 bits per heavy atom. The summed E-state index contributed by atoms with van der Waals surface area (Å²) in [5.41, 5.74) is 9.08. The highest BCUT2D eigenvalue weighted by molar-refractivity contribution is 5.48. The molecule has 0 saturated heterocycles. The van der Waals surface area contributed by atoms with E-state index in [1.807, 2.05) is 16.8 Å². The fraction of sp³-hybridized carbons (Fsp3) is 0.250. The molecule has 1 aromatic carbocycles. The van der Waals surface area contributed by atoms with Crippen LogP contribution in [-0.2, 0) is 6.42 Å². The van der Waals surface area contributed by atoms with Crippen molar-refractivity contribution < 1.29 is 4.42 Å². The van der Waals surface area contributed by atoms with Crippen molar-refractivity contribution >= 4 is 0 Å². The van der Waals surface area contributed by atoms with Crippen molar-refractivity contribution in [3.8, 4) is 17.3 Å². The molecule has 0 fully saturated rings. The molecule has 108 valence electrons. The lowest BCUT2D eigenvalue weighted by atomic mass is 10.1. The summed E-state index contributed by atoms with van der Waals surface area (Å²) in [6.45, 7) is 4.67. The molecule has 21 heavy (non-hydrogen) atoms. The zero-order valence-electron chi connectivity index (χ0n) is 12.2. The average Bonchev–Trinajstić information content (AvgIpc) is 3.06. The maximum Gasteiger partial charge on any atom is 0.217 e. The molecule has 2 aromatic heterocycles. The fourth-order valence-electron chi connectivity index (χ4n) is 2.43. The first-order chi connectivity index (χ1) is 10.2. The molecule has 5 nitrogen and oxygen atoms in total. The largest absolute Gasteiger partial charge is 0.461 e. The van der Waals surface area contributed by atoms with Gasteiger partial charge in [-0.1, -0.05) is 6.07 Å². The van der Waals surface area contributed by atoms with Crippen LogP contribution in [0.3, 0.4) is 0 Å². The van der Waals surface area contributed by atoms with Gasteiger partial charge in [0.2, 0.25) is 5.82 Å². The Morgan fingerprint density at radius 1 is 1.19 bits per heavy atom. The molecular formula is C16H18N4O. The standard InChI is InChI=1S/C16H18N4O/c1-11-8-12(2)10-13(9-11)20-15(5-6-17)18-16(19-20)14-4-3-7-21-14/h3-4,7-10H,5-6,17H2,1-2H3. The molecule has 0 radical (unpaired) electrons. The Bertz CT molecular complexity index is 723. The van der Waals surface area contributed by atoms with Crippen molar-refractivity contribution in [1.29, 1.82) is 0 Å². The highest BCUT2D eigenvalue weighted by atomic mass is 16.3. The van der Waals surface area contributed by atoms with Gasteiger partial charge >= 0.3 is 0 Å². The minimum absolute atomic E-state index is 0.529. The van der Waals surface area contributed by atoms with E-state index in [0.29, 0.717) is 24.6 Å². The van der Waals surface area contributed by atoms with Gasteiger partial charge in [0.25, 0.3) is 0 Å². The number of nitrogens with zero attached hydrogens (tertiary/aromatic N) is 3. The second-order valence-corrected chi connectivity index (χ2v) is 5.13. The Balaban J connectivity index is 2.11. The van der Waals surface area contributed by atoms with Gasteiger partial charge in [-0.3, -0.25) is 0 Å². The molecule has 0 atom stereocenters.